The van der Waals surface area contributed by atoms with E-state index in [0.717, 1.165) is 11.1 Å². The van der Waals surface area contributed by atoms with Gasteiger partial charge in [-0.05, 0) is 35.7 Å². The molecule has 0 aliphatic carbocycles. The summed E-state index contributed by atoms with van der Waals surface area (Å²) in [4.78, 5) is 20.7. The minimum absolute atomic E-state index is 0.0284. The molecular formula is C20H20FN5O. The molecule has 27 heavy (non-hydrogen) atoms. The van der Waals surface area contributed by atoms with Crippen molar-refractivity contribution >= 4 is 16.9 Å². The molecule has 0 aliphatic rings. The van der Waals surface area contributed by atoms with E-state index in [1.807, 2.05) is 16.7 Å². The Labute approximate surface area is 156 Å². The molecule has 6 nitrogen and oxygen atoms in total. The highest BCUT2D eigenvalue weighted by atomic mass is 19.1. The maximum absolute atomic E-state index is 13.0. The number of fused-ring (bicyclic) bond motifs is 1. The third-order valence-electron chi connectivity index (χ3n) is 3.99. The third-order valence-corrected chi connectivity index (χ3v) is 3.99. The normalized spacial score (nSPS) is 11.4. The third kappa shape index (κ3) is 4.29. The van der Waals surface area contributed by atoms with Crippen LogP contribution in [0.25, 0.3) is 11.0 Å². The molecule has 0 saturated heterocycles. The lowest BCUT2D eigenvalue weighted by molar-refractivity contribution is 0.0950. The number of halogens is 1. The molecule has 1 N–H and O–H groups in total. The number of carbonyl (C=O) groups excluding carboxylic acids is 1. The zero-order valence-corrected chi connectivity index (χ0v) is 15.5. The highest BCUT2D eigenvalue weighted by molar-refractivity contribution is 5.94. The molecule has 3 rings (SSSR count). The van der Waals surface area contributed by atoms with Crippen molar-refractivity contribution < 1.29 is 9.18 Å². The molecule has 0 spiro atoms. The molecule has 2 heterocycles. The van der Waals surface area contributed by atoms with Gasteiger partial charge in [-0.15, -0.1) is 0 Å². The van der Waals surface area contributed by atoms with Crippen molar-refractivity contribution in [2.24, 2.45) is 5.41 Å². The molecule has 0 radical (unpaired) electrons. The molecule has 1 aromatic carbocycles. The summed E-state index contributed by atoms with van der Waals surface area (Å²) >= 11 is 0. The zero-order valence-electron chi connectivity index (χ0n) is 15.5. The van der Waals surface area contributed by atoms with Crippen LogP contribution < -0.4 is 5.32 Å². The number of nitrogens with zero attached hydrogens (tertiary/aromatic N) is 4. The van der Waals surface area contributed by atoms with E-state index in [1.54, 1.807) is 6.20 Å². The topological polar surface area (TPSA) is 83.6 Å². The van der Waals surface area contributed by atoms with Crippen LogP contribution >= 0.6 is 0 Å². The molecule has 7 heteroatoms. The standard InChI is InChI=1S/C20H20FN5O/c1-20(2,3)12-26-16(8-14-10-23-17(9-22)25-18(14)26)11-24-19(27)13-4-6-15(21)7-5-13/h4-8,10H,11-12H2,1-3H3,(H,24,27). The zero-order chi connectivity index (χ0) is 19.6. The van der Waals surface area contributed by atoms with Crippen molar-refractivity contribution in [3.05, 3.63) is 59.4 Å². The van der Waals surface area contributed by atoms with Gasteiger partial charge < -0.3 is 9.88 Å². The van der Waals surface area contributed by atoms with E-state index in [0.29, 0.717) is 17.8 Å². The Balaban J connectivity index is 1.90. The molecule has 0 unspecified atom stereocenters. The fourth-order valence-corrected chi connectivity index (χ4v) is 2.82. The first kappa shape index (κ1) is 18.5. The Hall–Kier alpha value is -3.27. The number of benzene rings is 1. The fraction of sp³-hybridized carbons (Fsp3) is 0.300. The van der Waals surface area contributed by atoms with Gasteiger partial charge in [0.25, 0.3) is 5.91 Å². The van der Waals surface area contributed by atoms with Gasteiger partial charge in [0.1, 0.15) is 17.5 Å². The van der Waals surface area contributed by atoms with Gasteiger partial charge in [0.15, 0.2) is 0 Å². The summed E-state index contributed by atoms with van der Waals surface area (Å²) in [7, 11) is 0. The number of aromatic nitrogens is 3. The van der Waals surface area contributed by atoms with Gasteiger partial charge in [0.2, 0.25) is 5.82 Å². The Morgan fingerprint density at radius 2 is 2.00 bits per heavy atom. The first-order valence-corrected chi connectivity index (χ1v) is 8.56. The number of hydrogen-bond acceptors (Lipinski definition) is 4. The molecular weight excluding hydrogens is 345 g/mol. The number of nitriles is 1. The van der Waals surface area contributed by atoms with Crippen molar-refractivity contribution in [2.45, 2.75) is 33.9 Å². The van der Waals surface area contributed by atoms with E-state index in [-0.39, 0.29) is 29.5 Å². The van der Waals surface area contributed by atoms with Crippen LogP contribution in [0, 0.1) is 22.6 Å². The molecule has 0 atom stereocenters. The SMILES string of the molecule is CC(C)(C)Cn1c(CNC(=O)c2ccc(F)cc2)cc2cnc(C#N)nc21. The predicted molar refractivity (Wildman–Crippen MR) is 99.3 cm³/mol. The van der Waals surface area contributed by atoms with Crippen LogP contribution in [-0.4, -0.2) is 20.4 Å². The van der Waals surface area contributed by atoms with Gasteiger partial charge in [0, 0.05) is 29.4 Å². The molecule has 1 amide bonds. The van der Waals surface area contributed by atoms with Gasteiger partial charge in [-0.1, -0.05) is 20.8 Å². The predicted octanol–water partition coefficient (Wildman–Crippen LogP) is 3.42. The first-order valence-electron chi connectivity index (χ1n) is 8.56. The number of nitrogens with one attached hydrogen (secondary N) is 1. The summed E-state index contributed by atoms with van der Waals surface area (Å²) in [5.41, 5.74) is 1.89. The number of rotatable bonds is 4. The van der Waals surface area contributed by atoms with Gasteiger partial charge in [-0.3, -0.25) is 4.79 Å². The van der Waals surface area contributed by atoms with Crippen LogP contribution in [0.15, 0.2) is 36.5 Å². The van der Waals surface area contributed by atoms with E-state index in [9.17, 15) is 9.18 Å². The summed E-state index contributed by atoms with van der Waals surface area (Å²) in [5.74, 6) is -0.562. The lowest BCUT2D eigenvalue weighted by Gasteiger charge is -2.21. The monoisotopic (exact) mass is 365 g/mol. The van der Waals surface area contributed by atoms with Crippen LogP contribution in [-0.2, 0) is 13.1 Å². The quantitative estimate of drug-likeness (QED) is 0.768. The van der Waals surface area contributed by atoms with Crippen LogP contribution in [0.4, 0.5) is 4.39 Å². The summed E-state index contributed by atoms with van der Waals surface area (Å²) in [6.07, 6.45) is 1.62. The van der Waals surface area contributed by atoms with Crippen molar-refractivity contribution in [1.29, 1.82) is 5.26 Å². The average Bonchev–Trinajstić information content (AvgIpc) is 2.95. The molecule has 0 fully saturated rings. The Kier molecular flexibility index (Phi) is 4.91. The smallest absolute Gasteiger partial charge is 0.251 e. The van der Waals surface area contributed by atoms with Gasteiger partial charge in [-0.2, -0.15) is 5.26 Å². The van der Waals surface area contributed by atoms with E-state index >= 15 is 0 Å². The molecule has 0 bridgehead atoms. The van der Waals surface area contributed by atoms with Crippen LogP contribution in [0.1, 0.15) is 42.6 Å². The minimum Gasteiger partial charge on any atom is -0.346 e. The highest BCUT2D eigenvalue weighted by Crippen LogP contribution is 2.24. The maximum Gasteiger partial charge on any atom is 0.251 e. The maximum atomic E-state index is 13.0. The number of carbonyl (C=O) groups is 1. The summed E-state index contributed by atoms with van der Waals surface area (Å²) in [6.45, 7) is 7.26. The highest BCUT2D eigenvalue weighted by Gasteiger charge is 2.18. The van der Waals surface area contributed by atoms with E-state index in [1.165, 1.54) is 24.3 Å². The van der Waals surface area contributed by atoms with Crippen LogP contribution in [0.3, 0.4) is 0 Å². The Bertz CT molecular complexity index is 1030. The molecule has 0 saturated carbocycles. The summed E-state index contributed by atoms with van der Waals surface area (Å²) < 4.78 is 15.0. The average molecular weight is 365 g/mol. The second-order valence-corrected chi connectivity index (χ2v) is 7.56. The van der Waals surface area contributed by atoms with E-state index < -0.39 is 0 Å². The Morgan fingerprint density at radius 3 is 2.63 bits per heavy atom. The summed E-state index contributed by atoms with van der Waals surface area (Å²) in [6, 6.07) is 9.27. The molecule has 0 aliphatic heterocycles. The fourth-order valence-electron chi connectivity index (χ4n) is 2.82. The molecule has 138 valence electrons. The van der Waals surface area contributed by atoms with Crippen molar-refractivity contribution in [1.82, 2.24) is 19.9 Å². The second-order valence-electron chi connectivity index (χ2n) is 7.56. The Morgan fingerprint density at radius 1 is 1.30 bits per heavy atom. The molecule has 2 aromatic heterocycles. The van der Waals surface area contributed by atoms with E-state index in [4.69, 9.17) is 5.26 Å². The van der Waals surface area contributed by atoms with Crippen LogP contribution in [0.5, 0.6) is 0 Å². The second kappa shape index (κ2) is 7.16. The van der Waals surface area contributed by atoms with E-state index in [2.05, 4.69) is 36.1 Å². The lowest BCUT2D eigenvalue weighted by atomic mass is 9.97. The molecule has 3 aromatic rings. The van der Waals surface area contributed by atoms with Crippen molar-refractivity contribution in [3.63, 3.8) is 0 Å². The minimum atomic E-state index is -0.385. The first-order chi connectivity index (χ1) is 12.8. The number of amides is 1. The number of hydrogen-bond donors (Lipinski definition) is 1. The largest absolute Gasteiger partial charge is 0.346 e. The van der Waals surface area contributed by atoms with Gasteiger partial charge in [0.05, 0.1) is 6.54 Å². The van der Waals surface area contributed by atoms with Gasteiger partial charge in [-0.25, -0.2) is 14.4 Å². The van der Waals surface area contributed by atoms with Crippen molar-refractivity contribution in [2.75, 3.05) is 0 Å². The lowest BCUT2D eigenvalue weighted by Crippen LogP contribution is -2.25. The van der Waals surface area contributed by atoms with Crippen LogP contribution in [0.2, 0.25) is 0 Å². The summed E-state index contributed by atoms with van der Waals surface area (Å²) in [5, 5.41) is 12.7. The van der Waals surface area contributed by atoms with Gasteiger partial charge >= 0.3 is 0 Å². The van der Waals surface area contributed by atoms with Crippen molar-refractivity contribution in [3.8, 4) is 6.07 Å².